The summed E-state index contributed by atoms with van der Waals surface area (Å²) < 4.78 is 31.9. The first-order valence-corrected chi connectivity index (χ1v) is 7.57. The lowest BCUT2D eigenvalue weighted by atomic mass is 10.2. The molecule has 0 aromatic rings. The monoisotopic (exact) mass is 280 g/mol. The summed E-state index contributed by atoms with van der Waals surface area (Å²) in [5, 5.41) is 0. The molecule has 0 radical (unpaired) electrons. The highest BCUT2D eigenvalue weighted by atomic mass is 32.2. The molecule has 0 fully saturated rings. The van der Waals surface area contributed by atoms with Gasteiger partial charge in [0.25, 0.3) is 0 Å². The molecule has 0 saturated carbocycles. The third-order valence-corrected chi connectivity index (χ3v) is 3.37. The first kappa shape index (κ1) is 17.2. The van der Waals surface area contributed by atoms with Crippen LogP contribution in [-0.4, -0.2) is 37.5 Å². The van der Waals surface area contributed by atoms with Gasteiger partial charge < -0.3 is 4.74 Å². The number of rotatable bonds is 6. The number of carbonyl (C=O) groups excluding carboxylic acids is 1. The van der Waals surface area contributed by atoms with Gasteiger partial charge in [-0.05, 0) is 33.6 Å². The second kappa shape index (κ2) is 6.94. The van der Waals surface area contributed by atoms with E-state index in [2.05, 4.69) is 0 Å². The van der Waals surface area contributed by atoms with Crippen LogP contribution in [0.25, 0.3) is 0 Å². The molecule has 7 heteroatoms. The summed E-state index contributed by atoms with van der Waals surface area (Å²) in [6.45, 7) is 9.55. The standard InChI is InChI=1S/C11H24N2O4S/c1-6-8-13(9-7-2)18(15,16)12-10(14)17-11(3,4)5/h6-9H2,1-5H3,(H,12,14). The molecule has 0 aromatic heterocycles. The van der Waals surface area contributed by atoms with Gasteiger partial charge in [0.15, 0.2) is 0 Å². The van der Waals surface area contributed by atoms with Crippen molar-refractivity contribution in [2.75, 3.05) is 13.1 Å². The molecular weight excluding hydrogens is 256 g/mol. The van der Waals surface area contributed by atoms with Gasteiger partial charge >= 0.3 is 16.3 Å². The van der Waals surface area contributed by atoms with Gasteiger partial charge in [-0.15, -0.1) is 0 Å². The molecule has 0 saturated heterocycles. The van der Waals surface area contributed by atoms with Gasteiger partial charge in [-0.2, -0.15) is 12.7 Å². The van der Waals surface area contributed by atoms with Crippen LogP contribution in [0.2, 0.25) is 0 Å². The summed E-state index contributed by atoms with van der Waals surface area (Å²) in [6.07, 6.45) is 0.435. The maximum atomic E-state index is 11.9. The Hall–Kier alpha value is -0.820. The molecule has 108 valence electrons. The van der Waals surface area contributed by atoms with Gasteiger partial charge in [0, 0.05) is 13.1 Å². The van der Waals surface area contributed by atoms with Gasteiger partial charge in [-0.3, -0.25) is 0 Å². The SMILES string of the molecule is CCCN(CCC)S(=O)(=O)NC(=O)OC(C)(C)C. The second-order valence-electron chi connectivity index (χ2n) is 5.01. The zero-order chi connectivity index (χ0) is 14.4. The first-order chi connectivity index (χ1) is 8.12. The van der Waals surface area contributed by atoms with E-state index in [1.807, 2.05) is 18.6 Å². The molecule has 0 aliphatic rings. The average molecular weight is 280 g/mol. The van der Waals surface area contributed by atoms with Gasteiger partial charge in [-0.25, -0.2) is 9.52 Å². The van der Waals surface area contributed by atoms with E-state index in [4.69, 9.17) is 4.74 Å². The molecule has 0 heterocycles. The lowest BCUT2D eigenvalue weighted by molar-refractivity contribution is 0.0567. The minimum Gasteiger partial charge on any atom is -0.443 e. The Labute approximate surface area is 110 Å². The van der Waals surface area contributed by atoms with Crippen molar-refractivity contribution in [2.45, 2.75) is 53.1 Å². The third kappa shape index (κ3) is 6.80. The maximum Gasteiger partial charge on any atom is 0.422 e. The fourth-order valence-corrected chi connectivity index (χ4v) is 2.55. The maximum absolute atomic E-state index is 11.9. The molecule has 0 aliphatic heterocycles. The van der Waals surface area contributed by atoms with E-state index in [0.29, 0.717) is 25.9 Å². The summed E-state index contributed by atoms with van der Waals surface area (Å²) >= 11 is 0. The van der Waals surface area contributed by atoms with Crippen LogP contribution in [-0.2, 0) is 14.9 Å². The smallest absolute Gasteiger partial charge is 0.422 e. The summed E-state index contributed by atoms with van der Waals surface area (Å²) in [7, 11) is -3.81. The van der Waals surface area contributed by atoms with Gasteiger partial charge in [0.1, 0.15) is 5.60 Å². The van der Waals surface area contributed by atoms with Crippen molar-refractivity contribution in [2.24, 2.45) is 0 Å². The average Bonchev–Trinajstić information content (AvgIpc) is 2.13. The Balaban J connectivity index is 4.66. The topological polar surface area (TPSA) is 75.7 Å². The fourth-order valence-electron chi connectivity index (χ4n) is 1.32. The molecule has 0 unspecified atom stereocenters. The number of carbonyl (C=O) groups is 1. The Morgan fingerprint density at radius 2 is 1.61 bits per heavy atom. The van der Waals surface area contributed by atoms with Crippen LogP contribution in [0.5, 0.6) is 0 Å². The van der Waals surface area contributed by atoms with Crippen LogP contribution >= 0.6 is 0 Å². The molecule has 0 spiro atoms. The summed E-state index contributed by atoms with van der Waals surface area (Å²) in [4.78, 5) is 11.4. The van der Waals surface area contributed by atoms with E-state index in [0.717, 1.165) is 0 Å². The van der Waals surface area contributed by atoms with E-state index in [-0.39, 0.29) is 0 Å². The van der Waals surface area contributed by atoms with Crippen LogP contribution in [0.1, 0.15) is 47.5 Å². The van der Waals surface area contributed by atoms with Gasteiger partial charge in [0.2, 0.25) is 0 Å². The molecule has 0 aromatic carbocycles. The number of ether oxygens (including phenoxy) is 1. The van der Waals surface area contributed by atoms with Crippen molar-refractivity contribution >= 4 is 16.3 Å². The van der Waals surface area contributed by atoms with E-state index in [9.17, 15) is 13.2 Å². The molecule has 0 atom stereocenters. The van der Waals surface area contributed by atoms with Crippen molar-refractivity contribution < 1.29 is 17.9 Å². The fraction of sp³-hybridized carbons (Fsp3) is 0.909. The van der Waals surface area contributed by atoms with Gasteiger partial charge in [-0.1, -0.05) is 13.8 Å². The summed E-state index contributed by atoms with van der Waals surface area (Å²) in [5.41, 5.74) is -0.722. The molecule has 1 amide bonds. The second-order valence-corrected chi connectivity index (χ2v) is 6.68. The number of hydrogen-bond acceptors (Lipinski definition) is 4. The first-order valence-electron chi connectivity index (χ1n) is 6.13. The van der Waals surface area contributed by atoms with Crippen LogP contribution in [0.4, 0.5) is 4.79 Å². The van der Waals surface area contributed by atoms with Crippen LogP contribution in [0.15, 0.2) is 0 Å². The lowest BCUT2D eigenvalue weighted by Gasteiger charge is -2.23. The summed E-state index contributed by atoms with van der Waals surface area (Å²) in [5.74, 6) is 0. The third-order valence-electron chi connectivity index (χ3n) is 1.90. The van der Waals surface area contributed by atoms with Crippen LogP contribution < -0.4 is 4.72 Å². The predicted octanol–water partition coefficient (Wildman–Crippen LogP) is 1.88. The number of hydrogen-bond donors (Lipinski definition) is 1. The number of amides is 1. The molecule has 18 heavy (non-hydrogen) atoms. The molecule has 6 nitrogen and oxygen atoms in total. The van der Waals surface area contributed by atoms with Crippen LogP contribution in [0.3, 0.4) is 0 Å². The van der Waals surface area contributed by atoms with E-state index < -0.39 is 21.9 Å². The molecule has 0 rings (SSSR count). The highest BCUT2D eigenvalue weighted by Crippen LogP contribution is 2.08. The van der Waals surface area contributed by atoms with E-state index >= 15 is 0 Å². The zero-order valence-electron chi connectivity index (χ0n) is 11.8. The molecule has 0 aliphatic carbocycles. The van der Waals surface area contributed by atoms with Crippen molar-refractivity contribution in [3.8, 4) is 0 Å². The minimum atomic E-state index is -3.81. The summed E-state index contributed by atoms with van der Waals surface area (Å²) in [6, 6.07) is 0. The van der Waals surface area contributed by atoms with Gasteiger partial charge in [0.05, 0.1) is 0 Å². The predicted molar refractivity (Wildman–Crippen MR) is 70.4 cm³/mol. The highest BCUT2D eigenvalue weighted by molar-refractivity contribution is 7.87. The number of nitrogens with zero attached hydrogens (tertiary/aromatic N) is 1. The Bertz CT molecular complexity index is 354. The minimum absolute atomic E-state index is 0.381. The Kier molecular flexibility index (Phi) is 6.62. The Morgan fingerprint density at radius 1 is 1.17 bits per heavy atom. The zero-order valence-corrected chi connectivity index (χ0v) is 12.6. The quantitative estimate of drug-likeness (QED) is 0.806. The number of nitrogens with one attached hydrogen (secondary N) is 1. The van der Waals surface area contributed by atoms with Crippen molar-refractivity contribution in [3.05, 3.63) is 0 Å². The normalized spacial score (nSPS) is 12.6. The molecular formula is C11H24N2O4S. The Morgan fingerprint density at radius 3 is 1.94 bits per heavy atom. The largest absolute Gasteiger partial charge is 0.443 e. The molecule has 1 N–H and O–H groups in total. The highest BCUT2D eigenvalue weighted by Gasteiger charge is 2.25. The molecule has 0 bridgehead atoms. The van der Waals surface area contributed by atoms with E-state index in [1.54, 1.807) is 20.8 Å². The van der Waals surface area contributed by atoms with Crippen LogP contribution in [0, 0.1) is 0 Å². The lowest BCUT2D eigenvalue weighted by Crippen LogP contribution is -2.45. The van der Waals surface area contributed by atoms with Crippen molar-refractivity contribution in [1.82, 2.24) is 9.03 Å². The van der Waals surface area contributed by atoms with Crippen molar-refractivity contribution in [3.63, 3.8) is 0 Å². The van der Waals surface area contributed by atoms with E-state index in [1.165, 1.54) is 4.31 Å². The van der Waals surface area contributed by atoms with Crippen molar-refractivity contribution in [1.29, 1.82) is 0 Å².